The molecule has 0 amide bonds. The lowest BCUT2D eigenvalue weighted by Crippen LogP contribution is -2.09. The number of rotatable bonds is 4. The van der Waals surface area contributed by atoms with Gasteiger partial charge in [-0.3, -0.25) is 4.55 Å². The zero-order chi connectivity index (χ0) is 20.0. The molecule has 3 aromatic carbocycles. The van der Waals surface area contributed by atoms with Crippen LogP contribution in [0.15, 0.2) is 58.3 Å². The minimum Gasteiger partial charge on any atom is -0.508 e. The van der Waals surface area contributed by atoms with E-state index in [0.29, 0.717) is 0 Å². The van der Waals surface area contributed by atoms with Gasteiger partial charge in [-0.15, -0.1) is 0 Å². The average Bonchev–Trinajstić information content (AvgIpc) is 2.52. The Morgan fingerprint density at radius 2 is 1.37 bits per heavy atom. The topological polar surface area (TPSA) is 158 Å². The zero-order valence-electron chi connectivity index (χ0n) is 13.3. The Bertz CT molecular complexity index is 1260. The first kappa shape index (κ1) is 18.8. The molecule has 0 aliphatic rings. The fourth-order valence-corrected chi connectivity index (χ4v) is 3.94. The van der Waals surface area contributed by atoms with Crippen molar-refractivity contribution in [3.05, 3.63) is 48.5 Å². The third-order valence-electron chi connectivity index (χ3n) is 3.56. The van der Waals surface area contributed by atoms with Crippen LogP contribution in [0.3, 0.4) is 0 Å². The number of benzene rings is 3. The smallest absolute Gasteiger partial charge is 0.339 e. The summed E-state index contributed by atoms with van der Waals surface area (Å²) in [6.07, 6.45) is 0. The van der Waals surface area contributed by atoms with Gasteiger partial charge in [0, 0.05) is 18.2 Å². The Morgan fingerprint density at radius 1 is 0.778 bits per heavy atom. The van der Waals surface area contributed by atoms with E-state index in [4.69, 9.17) is 8.74 Å². The first-order valence-electron chi connectivity index (χ1n) is 7.18. The van der Waals surface area contributed by atoms with Crippen LogP contribution < -0.4 is 4.18 Å². The molecular formula is C16H12O9S2. The van der Waals surface area contributed by atoms with Crippen molar-refractivity contribution in [1.29, 1.82) is 0 Å². The molecule has 3 rings (SSSR count). The van der Waals surface area contributed by atoms with Gasteiger partial charge in [0.15, 0.2) is 0 Å². The minimum absolute atomic E-state index is 0.166. The highest BCUT2D eigenvalue weighted by atomic mass is 32.2. The molecule has 0 saturated carbocycles. The van der Waals surface area contributed by atoms with Gasteiger partial charge in [-0.05, 0) is 29.7 Å². The molecule has 0 fully saturated rings. The van der Waals surface area contributed by atoms with E-state index < -0.39 is 41.5 Å². The molecule has 0 spiro atoms. The van der Waals surface area contributed by atoms with Crippen LogP contribution in [0.1, 0.15) is 0 Å². The van der Waals surface area contributed by atoms with E-state index in [1.165, 1.54) is 18.2 Å². The van der Waals surface area contributed by atoms with E-state index in [0.717, 1.165) is 30.3 Å². The van der Waals surface area contributed by atoms with Crippen LogP contribution in [0.25, 0.3) is 10.8 Å². The molecule has 0 saturated heterocycles. The first-order chi connectivity index (χ1) is 12.5. The Morgan fingerprint density at radius 3 is 1.96 bits per heavy atom. The van der Waals surface area contributed by atoms with E-state index in [2.05, 4.69) is 0 Å². The summed E-state index contributed by atoms with van der Waals surface area (Å²) in [5.41, 5.74) is 0. The van der Waals surface area contributed by atoms with E-state index >= 15 is 0 Å². The van der Waals surface area contributed by atoms with Crippen LogP contribution in [0.2, 0.25) is 0 Å². The molecular weight excluding hydrogens is 400 g/mol. The van der Waals surface area contributed by atoms with Crippen LogP contribution in [0, 0.1) is 0 Å². The molecule has 142 valence electrons. The molecule has 11 heteroatoms. The van der Waals surface area contributed by atoms with Gasteiger partial charge in [-0.2, -0.15) is 16.8 Å². The molecule has 0 unspecified atom stereocenters. The van der Waals surface area contributed by atoms with Gasteiger partial charge in [0.25, 0.3) is 10.1 Å². The molecule has 0 aromatic heterocycles. The number of hydrogen-bond acceptors (Lipinski definition) is 8. The highest BCUT2D eigenvalue weighted by molar-refractivity contribution is 7.87. The third kappa shape index (κ3) is 3.74. The number of phenolic OH excluding ortho intramolecular Hbond substituents is 3. The second-order valence-electron chi connectivity index (χ2n) is 5.49. The van der Waals surface area contributed by atoms with Crippen molar-refractivity contribution in [3.8, 4) is 23.0 Å². The molecule has 3 aromatic rings. The van der Waals surface area contributed by atoms with Gasteiger partial charge < -0.3 is 19.5 Å². The van der Waals surface area contributed by atoms with Gasteiger partial charge >= 0.3 is 10.1 Å². The van der Waals surface area contributed by atoms with Crippen LogP contribution in [0.4, 0.5) is 0 Å². The molecule has 0 aliphatic carbocycles. The largest absolute Gasteiger partial charge is 0.508 e. The number of fused-ring (bicyclic) bond motifs is 1. The summed E-state index contributed by atoms with van der Waals surface area (Å²) in [5, 5.41) is 29.0. The second kappa shape index (κ2) is 6.30. The summed E-state index contributed by atoms with van der Waals surface area (Å²) in [6, 6.07) is 8.37. The van der Waals surface area contributed by atoms with Crippen molar-refractivity contribution in [3.63, 3.8) is 0 Å². The van der Waals surface area contributed by atoms with Crippen molar-refractivity contribution >= 4 is 31.0 Å². The minimum atomic E-state index is -4.68. The highest BCUT2D eigenvalue weighted by Gasteiger charge is 2.22. The third-order valence-corrected chi connectivity index (χ3v) is 5.62. The monoisotopic (exact) mass is 412 g/mol. The maximum absolute atomic E-state index is 12.4. The van der Waals surface area contributed by atoms with E-state index in [1.807, 2.05) is 0 Å². The van der Waals surface area contributed by atoms with Gasteiger partial charge in [-0.1, -0.05) is 6.07 Å². The zero-order valence-corrected chi connectivity index (χ0v) is 14.9. The molecule has 4 N–H and O–H groups in total. The van der Waals surface area contributed by atoms with Gasteiger partial charge in [0.05, 0.1) is 10.3 Å². The summed E-state index contributed by atoms with van der Waals surface area (Å²) < 4.78 is 61.4. The Labute approximate surface area is 153 Å². The molecule has 0 radical (unpaired) electrons. The first-order valence-corrected chi connectivity index (χ1v) is 10.0. The summed E-state index contributed by atoms with van der Waals surface area (Å²) in [6.45, 7) is 0. The van der Waals surface area contributed by atoms with Crippen molar-refractivity contribution in [2.45, 2.75) is 9.79 Å². The lowest BCUT2D eigenvalue weighted by molar-refractivity contribution is 0.455. The summed E-state index contributed by atoms with van der Waals surface area (Å²) in [5.74, 6) is -1.74. The number of phenols is 3. The van der Waals surface area contributed by atoms with Crippen molar-refractivity contribution in [2.24, 2.45) is 0 Å². The predicted molar refractivity (Wildman–Crippen MR) is 93.0 cm³/mol. The summed E-state index contributed by atoms with van der Waals surface area (Å²) in [7, 11) is -9.15. The summed E-state index contributed by atoms with van der Waals surface area (Å²) in [4.78, 5) is -1.22. The Kier molecular flexibility index (Phi) is 4.38. The van der Waals surface area contributed by atoms with Gasteiger partial charge in [0.1, 0.15) is 27.9 Å². The maximum Gasteiger partial charge on any atom is 0.339 e. The molecule has 0 bridgehead atoms. The van der Waals surface area contributed by atoms with Crippen molar-refractivity contribution < 1.29 is 40.9 Å². The molecule has 0 atom stereocenters. The Hall–Kier alpha value is -3.02. The molecule has 27 heavy (non-hydrogen) atoms. The van der Waals surface area contributed by atoms with E-state index in [1.54, 1.807) is 0 Å². The van der Waals surface area contributed by atoms with Crippen molar-refractivity contribution in [1.82, 2.24) is 0 Å². The second-order valence-corrected chi connectivity index (χ2v) is 8.46. The highest BCUT2D eigenvalue weighted by Crippen LogP contribution is 2.37. The normalized spacial score (nSPS) is 12.2. The molecule has 9 nitrogen and oxygen atoms in total. The summed E-state index contributed by atoms with van der Waals surface area (Å²) >= 11 is 0. The SMILES string of the molecule is O=S(=O)(O)c1cc(O)c2c(O)cc(S(=O)(=O)Oc3cccc(O)c3)cc2c1. The molecule has 0 heterocycles. The van der Waals surface area contributed by atoms with Crippen molar-refractivity contribution in [2.75, 3.05) is 0 Å². The standard InChI is InChI=1S/C16H12O9S2/c17-10-2-1-3-11(6-10)25-27(23,24)13-5-9-4-12(26(20,21)22)7-14(18)16(9)15(19)8-13/h1-8,17-19H,(H,20,21,22). The number of hydrogen-bond donors (Lipinski definition) is 4. The average molecular weight is 412 g/mol. The van der Waals surface area contributed by atoms with Gasteiger partial charge in [0.2, 0.25) is 0 Å². The lowest BCUT2D eigenvalue weighted by Gasteiger charge is -2.11. The number of aromatic hydroxyl groups is 3. The van der Waals surface area contributed by atoms with E-state index in [9.17, 15) is 32.2 Å². The fourth-order valence-electron chi connectivity index (χ4n) is 2.42. The van der Waals surface area contributed by atoms with E-state index in [-0.39, 0.29) is 22.3 Å². The Balaban J connectivity index is 2.17. The van der Waals surface area contributed by atoms with Gasteiger partial charge in [-0.25, -0.2) is 0 Å². The van der Waals surface area contributed by atoms with Crippen LogP contribution in [0.5, 0.6) is 23.0 Å². The predicted octanol–water partition coefficient (Wildman–Crippen LogP) is 1.97. The van der Waals surface area contributed by atoms with Crippen LogP contribution in [-0.2, 0) is 20.2 Å². The lowest BCUT2D eigenvalue weighted by atomic mass is 10.1. The van der Waals surface area contributed by atoms with Crippen LogP contribution >= 0.6 is 0 Å². The van der Waals surface area contributed by atoms with Crippen LogP contribution in [-0.4, -0.2) is 36.7 Å². The maximum atomic E-state index is 12.4. The fraction of sp³-hybridized carbons (Fsp3) is 0. The quantitative estimate of drug-likeness (QED) is 0.371. The molecule has 0 aliphatic heterocycles.